The van der Waals surface area contributed by atoms with E-state index in [9.17, 15) is 9.59 Å². The Balaban J connectivity index is 2.21. The summed E-state index contributed by atoms with van der Waals surface area (Å²) in [5, 5.41) is 0. The van der Waals surface area contributed by atoms with Crippen molar-refractivity contribution in [3.05, 3.63) is 34.9 Å². The first kappa shape index (κ1) is 16.2. The van der Waals surface area contributed by atoms with Crippen LogP contribution in [0.15, 0.2) is 18.2 Å². The zero-order valence-electron chi connectivity index (χ0n) is 12.3. The van der Waals surface area contributed by atoms with Gasteiger partial charge >= 0.3 is 5.97 Å². The van der Waals surface area contributed by atoms with Gasteiger partial charge in [-0.3, -0.25) is 0 Å². The molecule has 2 rings (SSSR count). The second kappa shape index (κ2) is 7.74. The number of benzene rings is 1. The highest BCUT2D eigenvalue weighted by Crippen LogP contribution is 2.37. The fraction of sp³-hybridized carbons (Fsp3) is 0.529. The Hall–Kier alpha value is -1.16. The zero-order valence-corrected chi connectivity index (χ0v) is 13.9. The van der Waals surface area contributed by atoms with E-state index in [2.05, 4.69) is 22.0 Å². The van der Waals surface area contributed by atoms with Gasteiger partial charge in [0.2, 0.25) is 0 Å². The molecule has 3 nitrogen and oxygen atoms in total. The summed E-state index contributed by atoms with van der Waals surface area (Å²) in [5.74, 6) is 0.212. The number of hydrogen-bond donors (Lipinski definition) is 0. The molecule has 1 aliphatic carbocycles. The monoisotopic (exact) mass is 352 g/mol. The van der Waals surface area contributed by atoms with Crippen LogP contribution in [0, 0.1) is 0 Å². The third-order valence-electron chi connectivity index (χ3n) is 4.07. The summed E-state index contributed by atoms with van der Waals surface area (Å²) in [6.07, 6.45) is 5.89. The van der Waals surface area contributed by atoms with Gasteiger partial charge in [0.05, 0.1) is 17.0 Å². The lowest BCUT2D eigenvalue weighted by Gasteiger charge is -2.27. The number of ether oxygens (including phenoxy) is 1. The van der Waals surface area contributed by atoms with Crippen LogP contribution in [0.1, 0.15) is 60.0 Å². The van der Waals surface area contributed by atoms with Crippen molar-refractivity contribution in [1.29, 1.82) is 0 Å². The summed E-state index contributed by atoms with van der Waals surface area (Å²) in [4.78, 5) is 22.7. The summed E-state index contributed by atoms with van der Waals surface area (Å²) in [6.45, 7) is 2.22. The number of halogens is 1. The molecule has 0 fully saturated rings. The molecule has 1 aromatic rings. The number of rotatable bonds is 6. The average molecular weight is 353 g/mol. The van der Waals surface area contributed by atoms with Gasteiger partial charge in [0, 0.05) is 0 Å². The van der Waals surface area contributed by atoms with E-state index in [1.165, 1.54) is 5.56 Å². The second-order valence-corrected chi connectivity index (χ2v) is 6.59. The van der Waals surface area contributed by atoms with Crippen molar-refractivity contribution < 1.29 is 14.3 Å². The first-order valence-electron chi connectivity index (χ1n) is 7.55. The number of alkyl halides is 1. The van der Waals surface area contributed by atoms with Crippen LogP contribution in [-0.2, 0) is 16.0 Å². The molecule has 0 saturated heterocycles. The Kier molecular flexibility index (Phi) is 5.97. The van der Waals surface area contributed by atoms with Crippen LogP contribution in [-0.4, -0.2) is 23.7 Å². The standard InChI is InChI=1S/C17H21BrO3/c1-2-21-17(20)16-8-4-6-14-12(5-3-7-15(14)16)9-10-13(18)11-19/h4,6,8,11-13H,2-3,5,7,9-10H2,1H3. The molecular formula is C17H21BrO3. The number of hydrogen-bond acceptors (Lipinski definition) is 3. The van der Waals surface area contributed by atoms with E-state index in [1.807, 2.05) is 19.1 Å². The molecular weight excluding hydrogens is 332 g/mol. The summed E-state index contributed by atoms with van der Waals surface area (Å²) >= 11 is 3.36. The highest BCUT2D eigenvalue weighted by Gasteiger charge is 2.25. The topological polar surface area (TPSA) is 43.4 Å². The van der Waals surface area contributed by atoms with Gasteiger partial charge in [-0.2, -0.15) is 0 Å². The minimum Gasteiger partial charge on any atom is -0.462 e. The van der Waals surface area contributed by atoms with E-state index in [-0.39, 0.29) is 10.8 Å². The first-order valence-corrected chi connectivity index (χ1v) is 8.47. The van der Waals surface area contributed by atoms with Crippen molar-refractivity contribution >= 4 is 28.2 Å². The van der Waals surface area contributed by atoms with Crippen molar-refractivity contribution in [3.63, 3.8) is 0 Å². The summed E-state index contributed by atoms with van der Waals surface area (Å²) in [5.41, 5.74) is 3.12. The molecule has 4 heteroatoms. The minimum absolute atomic E-state index is 0.0730. The molecule has 0 radical (unpaired) electrons. The van der Waals surface area contributed by atoms with Crippen molar-refractivity contribution in [2.24, 2.45) is 0 Å². The first-order chi connectivity index (χ1) is 10.2. The molecule has 0 bridgehead atoms. The largest absolute Gasteiger partial charge is 0.462 e. The number of fused-ring (bicyclic) bond motifs is 1. The maximum Gasteiger partial charge on any atom is 0.338 e. The maximum absolute atomic E-state index is 12.1. The average Bonchev–Trinajstić information content (AvgIpc) is 2.52. The highest BCUT2D eigenvalue weighted by atomic mass is 79.9. The molecule has 0 heterocycles. The van der Waals surface area contributed by atoms with Crippen molar-refractivity contribution in [2.45, 2.75) is 49.8 Å². The van der Waals surface area contributed by atoms with Crippen molar-refractivity contribution in [3.8, 4) is 0 Å². The normalized spacial score (nSPS) is 18.7. The SMILES string of the molecule is CCOC(=O)c1cccc2c1CCCC2CCC(Br)C=O. The Morgan fingerprint density at radius 3 is 3.05 bits per heavy atom. The van der Waals surface area contributed by atoms with Gasteiger partial charge in [-0.05, 0) is 62.1 Å². The molecule has 21 heavy (non-hydrogen) atoms. The van der Waals surface area contributed by atoms with Gasteiger partial charge in [-0.15, -0.1) is 0 Å². The van der Waals surface area contributed by atoms with E-state index >= 15 is 0 Å². The van der Waals surface area contributed by atoms with Gasteiger partial charge in [0.15, 0.2) is 0 Å². The molecule has 114 valence electrons. The molecule has 2 atom stereocenters. The van der Waals surface area contributed by atoms with Gasteiger partial charge in [0.25, 0.3) is 0 Å². The Labute approximate surface area is 134 Å². The quantitative estimate of drug-likeness (QED) is 0.441. The lowest BCUT2D eigenvalue weighted by molar-refractivity contribution is -0.107. The van der Waals surface area contributed by atoms with Gasteiger partial charge in [-0.1, -0.05) is 28.1 Å². The smallest absolute Gasteiger partial charge is 0.338 e. The van der Waals surface area contributed by atoms with Crippen LogP contribution in [0.2, 0.25) is 0 Å². The van der Waals surface area contributed by atoms with E-state index < -0.39 is 0 Å². The predicted molar refractivity (Wildman–Crippen MR) is 86.1 cm³/mol. The zero-order chi connectivity index (χ0) is 15.2. The number of carbonyl (C=O) groups is 2. The lowest BCUT2D eigenvalue weighted by atomic mass is 9.78. The molecule has 0 aliphatic heterocycles. The van der Waals surface area contributed by atoms with E-state index in [0.29, 0.717) is 18.1 Å². The molecule has 0 saturated carbocycles. The fourth-order valence-corrected chi connectivity index (χ4v) is 3.34. The molecule has 0 spiro atoms. The Morgan fingerprint density at radius 2 is 2.33 bits per heavy atom. The summed E-state index contributed by atoms with van der Waals surface area (Å²) in [7, 11) is 0. The van der Waals surface area contributed by atoms with Gasteiger partial charge in [0.1, 0.15) is 6.29 Å². The summed E-state index contributed by atoms with van der Waals surface area (Å²) < 4.78 is 5.15. The van der Waals surface area contributed by atoms with Crippen LogP contribution in [0.25, 0.3) is 0 Å². The molecule has 2 unspecified atom stereocenters. The van der Waals surface area contributed by atoms with Crippen LogP contribution < -0.4 is 0 Å². The van der Waals surface area contributed by atoms with Crippen molar-refractivity contribution in [1.82, 2.24) is 0 Å². The van der Waals surface area contributed by atoms with Crippen LogP contribution in [0.4, 0.5) is 0 Å². The number of esters is 1. The lowest BCUT2D eigenvalue weighted by Crippen LogP contribution is -2.17. The number of aldehydes is 1. The molecule has 0 amide bonds. The second-order valence-electron chi connectivity index (χ2n) is 5.41. The summed E-state index contributed by atoms with van der Waals surface area (Å²) in [6, 6.07) is 5.92. The van der Waals surface area contributed by atoms with Crippen molar-refractivity contribution in [2.75, 3.05) is 6.61 Å². The Bertz CT molecular complexity index is 513. The van der Waals surface area contributed by atoms with Gasteiger partial charge in [-0.25, -0.2) is 4.79 Å². The molecule has 1 aromatic carbocycles. The third kappa shape index (κ3) is 3.94. The molecule has 0 N–H and O–H groups in total. The van der Waals surface area contributed by atoms with E-state index in [1.54, 1.807) is 0 Å². The Morgan fingerprint density at radius 1 is 1.52 bits per heavy atom. The third-order valence-corrected chi connectivity index (χ3v) is 4.74. The van der Waals surface area contributed by atoms with E-state index in [0.717, 1.165) is 44.0 Å². The molecule has 1 aliphatic rings. The minimum atomic E-state index is -0.221. The van der Waals surface area contributed by atoms with Crippen LogP contribution in [0.3, 0.4) is 0 Å². The number of carbonyl (C=O) groups excluding carboxylic acids is 2. The van der Waals surface area contributed by atoms with Gasteiger partial charge < -0.3 is 9.53 Å². The van der Waals surface area contributed by atoms with Crippen LogP contribution >= 0.6 is 15.9 Å². The molecule has 0 aromatic heterocycles. The van der Waals surface area contributed by atoms with Crippen LogP contribution in [0.5, 0.6) is 0 Å². The van der Waals surface area contributed by atoms with E-state index in [4.69, 9.17) is 4.74 Å². The predicted octanol–water partition coefficient (Wildman–Crippen LogP) is 4.03. The fourth-order valence-electron chi connectivity index (χ4n) is 3.08. The highest BCUT2D eigenvalue weighted by molar-refractivity contribution is 9.09. The maximum atomic E-state index is 12.1.